The minimum atomic E-state index is -4.52. The zero-order valence-electron chi connectivity index (χ0n) is 16.5. The van der Waals surface area contributed by atoms with Crippen molar-refractivity contribution in [2.24, 2.45) is 0 Å². The molecule has 2 unspecified atom stereocenters. The molecule has 2 bridgehead atoms. The number of benzene rings is 1. The summed E-state index contributed by atoms with van der Waals surface area (Å²) in [4.78, 5) is 21.9. The monoisotopic (exact) mass is 417 g/mol. The molecule has 6 nitrogen and oxygen atoms in total. The number of fused-ring (bicyclic) bond motifs is 5. The molecule has 2 aliphatic heterocycles. The second-order valence-electron chi connectivity index (χ2n) is 8.23. The minimum absolute atomic E-state index is 0.0157. The number of nitrogens with zero attached hydrogens (tertiary/aromatic N) is 3. The van der Waals surface area contributed by atoms with E-state index in [1.807, 2.05) is 23.1 Å². The lowest BCUT2D eigenvalue weighted by Crippen LogP contribution is -2.29. The second-order valence-corrected chi connectivity index (χ2v) is 8.23. The molecule has 3 aliphatic rings. The number of carbonyl (C=O) groups excluding carboxylic acids is 1. The molecule has 2 fully saturated rings. The quantitative estimate of drug-likeness (QED) is 0.737. The third-order valence-corrected chi connectivity index (χ3v) is 6.35. The molecule has 1 aromatic carbocycles. The first-order valence-corrected chi connectivity index (χ1v) is 10.2. The lowest BCUT2D eigenvalue weighted by Gasteiger charge is -2.28. The number of hydrogen-bond donors (Lipinski definition) is 2. The van der Waals surface area contributed by atoms with Gasteiger partial charge in [-0.05, 0) is 55.4 Å². The molecule has 5 rings (SSSR count). The Morgan fingerprint density at radius 2 is 1.87 bits per heavy atom. The molecule has 0 spiro atoms. The molecule has 2 atom stereocenters. The molecule has 30 heavy (non-hydrogen) atoms. The van der Waals surface area contributed by atoms with Crippen LogP contribution in [0.1, 0.15) is 67.8 Å². The van der Waals surface area contributed by atoms with Gasteiger partial charge in [0, 0.05) is 24.8 Å². The first kappa shape index (κ1) is 19.1. The summed E-state index contributed by atoms with van der Waals surface area (Å²) in [5.74, 6) is -0.0185. The van der Waals surface area contributed by atoms with E-state index in [9.17, 15) is 18.0 Å². The Labute approximate surface area is 171 Å². The minimum Gasteiger partial charge on any atom is -0.367 e. The van der Waals surface area contributed by atoms with Gasteiger partial charge in [0.25, 0.3) is 0 Å². The van der Waals surface area contributed by atoms with E-state index in [1.54, 1.807) is 6.92 Å². The summed E-state index contributed by atoms with van der Waals surface area (Å²) in [6.07, 6.45) is 0.865. The van der Waals surface area contributed by atoms with E-state index in [4.69, 9.17) is 0 Å². The van der Waals surface area contributed by atoms with Crippen molar-refractivity contribution in [1.29, 1.82) is 0 Å². The third kappa shape index (κ3) is 3.16. The normalized spacial score (nSPS) is 22.6. The van der Waals surface area contributed by atoms with Crippen LogP contribution in [-0.4, -0.2) is 26.8 Å². The van der Waals surface area contributed by atoms with Crippen molar-refractivity contribution in [3.8, 4) is 0 Å². The molecule has 158 valence electrons. The van der Waals surface area contributed by atoms with E-state index in [0.717, 1.165) is 49.4 Å². The zero-order chi connectivity index (χ0) is 21.0. The fourth-order valence-electron chi connectivity index (χ4n) is 4.74. The molecule has 1 amide bonds. The maximum atomic E-state index is 13.3. The average molecular weight is 417 g/mol. The van der Waals surface area contributed by atoms with Gasteiger partial charge in [-0.25, -0.2) is 4.98 Å². The van der Waals surface area contributed by atoms with Crippen molar-refractivity contribution in [2.45, 2.75) is 63.3 Å². The van der Waals surface area contributed by atoms with E-state index in [1.165, 1.54) is 0 Å². The average Bonchev–Trinajstić information content (AvgIpc) is 3.21. The highest BCUT2D eigenvalue weighted by molar-refractivity contribution is 5.77. The summed E-state index contributed by atoms with van der Waals surface area (Å²) < 4.78 is 40.0. The van der Waals surface area contributed by atoms with Gasteiger partial charge in [-0.15, -0.1) is 0 Å². The highest BCUT2D eigenvalue weighted by Crippen LogP contribution is 2.53. The Hall–Kier alpha value is -2.84. The van der Waals surface area contributed by atoms with Gasteiger partial charge in [0.1, 0.15) is 11.4 Å². The number of alkyl halides is 3. The number of nitrogens with one attached hydrogen (secondary N) is 2. The van der Waals surface area contributed by atoms with Crippen LogP contribution >= 0.6 is 0 Å². The Morgan fingerprint density at radius 1 is 1.13 bits per heavy atom. The van der Waals surface area contributed by atoms with Gasteiger partial charge in [0.2, 0.25) is 11.9 Å². The zero-order valence-corrected chi connectivity index (χ0v) is 16.5. The second kappa shape index (κ2) is 6.85. The Morgan fingerprint density at radius 3 is 2.50 bits per heavy atom. The van der Waals surface area contributed by atoms with Gasteiger partial charge in [-0.1, -0.05) is 6.07 Å². The van der Waals surface area contributed by atoms with Crippen molar-refractivity contribution in [3.05, 3.63) is 41.1 Å². The Bertz CT molecular complexity index is 1000. The Balaban J connectivity index is 1.42. The molecule has 9 heteroatoms. The van der Waals surface area contributed by atoms with Crippen LogP contribution in [-0.2, 0) is 11.0 Å². The number of amides is 1. The first-order chi connectivity index (χ1) is 14.3. The molecule has 1 aromatic heterocycles. The van der Waals surface area contributed by atoms with E-state index in [0.29, 0.717) is 5.69 Å². The molecular formula is C21H22F3N5O. The molecule has 1 saturated carbocycles. The number of aromatic nitrogens is 2. The van der Waals surface area contributed by atoms with E-state index < -0.39 is 11.7 Å². The van der Waals surface area contributed by atoms with Crippen LogP contribution in [0.2, 0.25) is 0 Å². The lowest BCUT2D eigenvalue weighted by atomic mass is 9.91. The van der Waals surface area contributed by atoms with Crippen molar-refractivity contribution in [2.75, 3.05) is 10.6 Å². The van der Waals surface area contributed by atoms with Crippen molar-refractivity contribution < 1.29 is 18.0 Å². The maximum absolute atomic E-state index is 13.3. The van der Waals surface area contributed by atoms with Crippen LogP contribution in [0.4, 0.5) is 30.6 Å². The molecular weight excluding hydrogens is 395 g/mol. The molecule has 2 aromatic rings. The number of hydrogen-bond acceptors (Lipinski definition) is 5. The van der Waals surface area contributed by atoms with Gasteiger partial charge in [-0.3, -0.25) is 4.79 Å². The van der Waals surface area contributed by atoms with Crippen LogP contribution in [0.3, 0.4) is 0 Å². The summed E-state index contributed by atoms with van der Waals surface area (Å²) in [5.41, 5.74) is 2.07. The summed E-state index contributed by atoms with van der Waals surface area (Å²) in [6, 6.07) is 6.00. The van der Waals surface area contributed by atoms with E-state index in [-0.39, 0.29) is 35.8 Å². The predicted molar refractivity (Wildman–Crippen MR) is 105 cm³/mol. The van der Waals surface area contributed by atoms with Gasteiger partial charge in [-0.2, -0.15) is 18.2 Å². The third-order valence-electron chi connectivity index (χ3n) is 6.35. The number of carbonyl (C=O) groups is 1. The SMILES string of the molecule is CC(=O)N1C2CCC1c1cc(Nc3ncc(C(F)(F)F)c(NC4CCC4)n3)ccc12. The number of halogens is 3. The summed E-state index contributed by atoms with van der Waals surface area (Å²) >= 11 is 0. The van der Waals surface area contributed by atoms with Gasteiger partial charge in [0.05, 0.1) is 12.1 Å². The first-order valence-electron chi connectivity index (χ1n) is 10.2. The standard InChI is InChI=1S/C21H22F3N5O/c1-11(30)29-17-7-8-18(29)15-9-13(5-6-14(15)17)27-20-25-10-16(21(22,23)24)19(28-20)26-12-3-2-4-12/h5-6,9-10,12,17-18H,2-4,7-8H2,1H3,(H2,25,26,27,28). The van der Waals surface area contributed by atoms with E-state index in [2.05, 4.69) is 20.6 Å². The topological polar surface area (TPSA) is 70.2 Å². The van der Waals surface area contributed by atoms with Crippen molar-refractivity contribution >= 4 is 23.4 Å². The fraction of sp³-hybridized carbons (Fsp3) is 0.476. The predicted octanol–water partition coefficient (Wildman–Crippen LogP) is 4.94. The largest absolute Gasteiger partial charge is 0.421 e. The highest BCUT2D eigenvalue weighted by atomic mass is 19.4. The van der Waals surface area contributed by atoms with Crippen LogP contribution in [0.15, 0.2) is 24.4 Å². The molecule has 0 radical (unpaired) electrons. The van der Waals surface area contributed by atoms with Gasteiger partial charge < -0.3 is 15.5 Å². The summed E-state index contributed by atoms with van der Waals surface area (Å²) in [7, 11) is 0. The maximum Gasteiger partial charge on any atom is 0.421 e. The number of rotatable bonds is 4. The molecule has 3 heterocycles. The van der Waals surface area contributed by atoms with Gasteiger partial charge >= 0.3 is 6.18 Å². The van der Waals surface area contributed by atoms with Crippen LogP contribution < -0.4 is 10.6 Å². The van der Waals surface area contributed by atoms with Crippen LogP contribution in [0.5, 0.6) is 0 Å². The van der Waals surface area contributed by atoms with E-state index >= 15 is 0 Å². The fourth-order valence-corrected chi connectivity index (χ4v) is 4.74. The van der Waals surface area contributed by atoms with Crippen LogP contribution in [0.25, 0.3) is 0 Å². The van der Waals surface area contributed by atoms with Crippen LogP contribution in [0, 0.1) is 0 Å². The lowest BCUT2D eigenvalue weighted by molar-refractivity contribution is -0.137. The molecule has 1 saturated heterocycles. The van der Waals surface area contributed by atoms with Gasteiger partial charge in [0.15, 0.2) is 0 Å². The summed E-state index contributed by atoms with van der Waals surface area (Å²) in [6.45, 7) is 1.59. The number of anilines is 3. The highest BCUT2D eigenvalue weighted by Gasteiger charge is 2.45. The molecule has 1 aliphatic carbocycles. The summed E-state index contributed by atoms with van der Waals surface area (Å²) in [5, 5.41) is 5.94. The Kier molecular flexibility index (Phi) is 4.37. The van der Waals surface area contributed by atoms with Crippen molar-refractivity contribution in [1.82, 2.24) is 14.9 Å². The van der Waals surface area contributed by atoms with Crippen molar-refractivity contribution in [3.63, 3.8) is 0 Å². The smallest absolute Gasteiger partial charge is 0.367 e. The molecule has 2 N–H and O–H groups in total.